The molecule has 0 aliphatic rings. The van der Waals surface area contributed by atoms with E-state index < -0.39 is 11.7 Å². The third kappa shape index (κ3) is 4.15. The molecular weight excluding hydrogens is 373 g/mol. The van der Waals surface area contributed by atoms with Crippen molar-refractivity contribution in [2.75, 3.05) is 0 Å². The van der Waals surface area contributed by atoms with Crippen molar-refractivity contribution in [3.63, 3.8) is 0 Å². The van der Waals surface area contributed by atoms with E-state index in [1.807, 2.05) is 59.1 Å². The van der Waals surface area contributed by atoms with Gasteiger partial charge in [0.2, 0.25) is 0 Å². The zero-order valence-electron chi connectivity index (χ0n) is 15.0. The van der Waals surface area contributed by atoms with Gasteiger partial charge in [0.25, 0.3) is 0 Å². The van der Waals surface area contributed by atoms with Crippen LogP contribution in [0, 0.1) is 23.7 Å². The number of nitrogens with zero attached hydrogens (tertiary/aromatic N) is 2. The van der Waals surface area contributed by atoms with Crippen molar-refractivity contribution in [2.24, 2.45) is 0 Å². The van der Waals surface area contributed by atoms with Gasteiger partial charge >= 0.3 is 6.18 Å². The van der Waals surface area contributed by atoms with Crippen LogP contribution in [0.1, 0.15) is 28.2 Å². The summed E-state index contributed by atoms with van der Waals surface area (Å²) >= 11 is 0. The normalized spacial score (nSPS) is 10.7. The minimum Gasteiger partial charge on any atom is -0.292 e. The highest BCUT2D eigenvalue weighted by molar-refractivity contribution is 5.62. The Morgan fingerprint density at radius 2 is 1.34 bits per heavy atom. The molecule has 0 unspecified atom stereocenters. The second-order valence-corrected chi connectivity index (χ2v) is 6.18. The van der Waals surface area contributed by atoms with Crippen LogP contribution < -0.4 is 0 Å². The fourth-order valence-electron chi connectivity index (χ4n) is 2.74. The highest BCUT2D eigenvalue weighted by Crippen LogP contribution is 2.28. The smallest absolute Gasteiger partial charge is 0.292 e. The van der Waals surface area contributed by atoms with Crippen molar-refractivity contribution in [1.82, 2.24) is 9.38 Å². The minimum atomic E-state index is -4.36. The largest absolute Gasteiger partial charge is 0.416 e. The second-order valence-electron chi connectivity index (χ2n) is 6.18. The fraction of sp³-hybridized carbons (Fsp3) is 0.0417. The molecule has 2 aromatic heterocycles. The maximum Gasteiger partial charge on any atom is 0.416 e. The summed E-state index contributed by atoms with van der Waals surface area (Å²) in [6.45, 7) is 0. The monoisotopic (exact) mass is 386 g/mol. The molecule has 2 heterocycles. The van der Waals surface area contributed by atoms with E-state index in [1.54, 1.807) is 0 Å². The molecule has 0 saturated heterocycles. The third-order valence-electron chi connectivity index (χ3n) is 4.18. The Kier molecular flexibility index (Phi) is 4.81. The number of pyridine rings is 1. The average molecular weight is 386 g/mol. The Balaban J connectivity index is 1.69. The lowest BCUT2D eigenvalue weighted by Crippen LogP contribution is -2.04. The molecule has 0 amide bonds. The van der Waals surface area contributed by atoms with E-state index in [-0.39, 0.29) is 0 Å². The number of hydrogen-bond donors (Lipinski definition) is 0. The Morgan fingerprint density at radius 1 is 0.690 bits per heavy atom. The highest BCUT2D eigenvalue weighted by atomic mass is 19.4. The van der Waals surface area contributed by atoms with Crippen LogP contribution >= 0.6 is 0 Å². The number of aromatic nitrogens is 2. The minimum absolute atomic E-state index is 0.470. The zero-order valence-corrected chi connectivity index (χ0v) is 15.0. The molecule has 2 aromatic carbocycles. The first-order valence-corrected chi connectivity index (χ1v) is 8.74. The van der Waals surface area contributed by atoms with Gasteiger partial charge < -0.3 is 0 Å². The van der Waals surface area contributed by atoms with Gasteiger partial charge in [0.15, 0.2) is 5.82 Å². The molecule has 29 heavy (non-hydrogen) atoms. The van der Waals surface area contributed by atoms with Crippen molar-refractivity contribution in [2.45, 2.75) is 6.18 Å². The van der Waals surface area contributed by atoms with Gasteiger partial charge in [0.05, 0.1) is 11.1 Å². The molecule has 0 spiro atoms. The second kappa shape index (κ2) is 7.58. The van der Waals surface area contributed by atoms with Gasteiger partial charge in [-0.1, -0.05) is 36.1 Å². The van der Waals surface area contributed by atoms with Crippen LogP contribution in [0.5, 0.6) is 0 Å². The molecule has 2 nitrogen and oxygen atoms in total. The Hall–Kier alpha value is -3.96. The molecule has 0 atom stereocenters. The first-order chi connectivity index (χ1) is 14.0. The molecule has 0 bridgehead atoms. The van der Waals surface area contributed by atoms with Gasteiger partial charge in [-0.15, -0.1) is 0 Å². The molecule has 0 aliphatic heterocycles. The average Bonchev–Trinajstić information content (AvgIpc) is 3.09. The van der Waals surface area contributed by atoms with E-state index in [1.165, 1.54) is 12.1 Å². The lowest BCUT2D eigenvalue weighted by atomic mass is 10.1. The zero-order chi connectivity index (χ0) is 20.3. The van der Waals surface area contributed by atoms with Gasteiger partial charge in [0.1, 0.15) is 5.69 Å². The maximum absolute atomic E-state index is 12.7. The van der Waals surface area contributed by atoms with Crippen LogP contribution in [-0.4, -0.2) is 9.38 Å². The Labute approximate surface area is 165 Å². The van der Waals surface area contributed by atoms with E-state index in [4.69, 9.17) is 0 Å². The van der Waals surface area contributed by atoms with E-state index in [0.717, 1.165) is 23.2 Å². The number of rotatable bonds is 0. The molecule has 0 aliphatic carbocycles. The predicted molar refractivity (Wildman–Crippen MR) is 105 cm³/mol. The lowest BCUT2D eigenvalue weighted by molar-refractivity contribution is -0.137. The van der Waals surface area contributed by atoms with E-state index in [0.29, 0.717) is 17.1 Å². The van der Waals surface area contributed by atoms with E-state index in [2.05, 4.69) is 28.7 Å². The van der Waals surface area contributed by atoms with Crippen molar-refractivity contribution < 1.29 is 13.2 Å². The summed E-state index contributed by atoms with van der Waals surface area (Å²) in [4.78, 5) is 4.51. The first kappa shape index (κ1) is 18.4. The Bertz CT molecular complexity index is 1280. The van der Waals surface area contributed by atoms with Gasteiger partial charge in [-0.25, -0.2) is 4.98 Å². The number of halogens is 3. The Morgan fingerprint density at radius 3 is 2.07 bits per heavy atom. The molecule has 5 heteroatoms. The summed E-state index contributed by atoms with van der Waals surface area (Å²) in [6, 6.07) is 19.9. The van der Waals surface area contributed by atoms with Gasteiger partial charge in [0, 0.05) is 17.3 Å². The van der Waals surface area contributed by atoms with Gasteiger partial charge in [-0.05, 0) is 60.4 Å². The SMILES string of the molecule is FC(F)(F)c1ccc(C#Cc2nc(C#Cc3ccccc3)c3ccccn23)cc1. The number of alkyl halides is 3. The standard InChI is InChI=1S/C24H13F3N2/c25-24(26,27)20-13-9-19(10-14-20)12-16-23-28-21(22-8-4-5-17-29(22)23)15-11-18-6-2-1-3-7-18/h1-10,13-14,17H. The molecular formula is C24H13F3N2. The number of hydrogen-bond acceptors (Lipinski definition) is 1. The van der Waals surface area contributed by atoms with E-state index in [9.17, 15) is 13.2 Å². The molecule has 140 valence electrons. The lowest BCUT2D eigenvalue weighted by Gasteiger charge is -2.05. The molecule has 0 N–H and O–H groups in total. The quantitative estimate of drug-likeness (QED) is 0.382. The van der Waals surface area contributed by atoms with Crippen LogP contribution in [-0.2, 0) is 6.18 Å². The van der Waals surface area contributed by atoms with Crippen LogP contribution in [0.3, 0.4) is 0 Å². The van der Waals surface area contributed by atoms with Crippen LogP contribution in [0.25, 0.3) is 5.52 Å². The molecule has 0 fully saturated rings. The maximum atomic E-state index is 12.7. The van der Waals surface area contributed by atoms with Crippen LogP contribution in [0.15, 0.2) is 79.0 Å². The summed E-state index contributed by atoms with van der Waals surface area (Å²) in [7, 11) is 0. The van der Waals surface area contributed by atoms with Crippen molar-refractivity contribution >= 4 is 5.52 Å². The number of fused-ring (bicyclic) bond motifs is 1. The summed E-state index contributed by atoms with van der Waals surface area (Å²) in [6.07, 6.45) is -2.54. The molecule has 4 rings (SSSR count). The van der Waals surface area contributed by atoms with Crippen LogP contribution in [0.4, 0.5) is 13.2 Å². The number of imidazole rings is 1. The van der Waals surface area contributed by atoms with Gasteiger partial charge in [-0.3, -0.25) is 4.40 Å². The van der Waals surface area contributed by atoms with Crippen molar-refractivity contribution in [1.29, 1.82) is 0 Å². The van der Waals surface area contributed by atoms with Gasteiger partial charge in [-0.2, -0.15) is 13.2 Å². The van der Waals surface area contributed by atoms with Crippen molar-refractivity contribution in [3.05, 3.63) is 107 Å². The summed E-state index contributed by atoms with van der Waals surface area (Å²) in [5, 5.41) is 0. The molecule has 0 radical (unpaired) electrons. The van der Waals surface area contributed by atoms with Crippen LogP contribution in [0.2, 0.25) is 0 Å². The first-order valence-electron chi connectivity index (χ1n) is 8.74. The van der Waals surface area contributed by atoms with Crippen molar-refractivity contribution in [3.8, 4) is 23.7 Å². The predicted octanol–water partition coefficient (Wildman–Crippen LogP) is 5.15. The summed E-state index contributed by atoms with van der Waals surface area (Å²) in [5.41, 5.74) is 2.05. The summed E-state index contributed by atoms with van der Waals surface area (Å²) < 4.78 is 39.9. The van der Waals surface area contributed by atoms with E-state index >= 15 is 0 Å². The highest BCUT2D eigenvalue weighted by Gasteiger charge is 2.29. The third-order valence-corrected chi connectivity index (χ3v) is 4.18. The number of benzene rings is 2. The topological polar surface area (TPSA) is 17.3 Å². The molecule has 4 aromatic rings. The fourth-order valence-corrected chi connectivity index (χ4v) is 2.74. The summed E-state index contributed by atoms with van der Waals surface area (Å²) in [5.74, 6) is 12.4. The molecule has 0 saturated carbocycles.